The van der Waals surface area contributed by atoms with Crippen molar-refractivity contribution in [2.75, 3.05) is 13.7 Å². The van der Waals surface area contributed by atoms with E-state index in [1.165, 1.54) is 7.11 Å². The summed E-state index contributed by atoms with van der Waals surface area (Å²) in [5, 5.41) is 2.60. The summed E-state index contributed by atoms with van der Waals surface area (Å²) in [5.74, 6) is -0.249. The molecule has 0 heterocycles. The minimum atomic E-state index is -0.656. The van der Waals surface area contributed by atoms with E-state index in [1.807, 2.05) is 32.0 Å². The van der Waals surface area contributed by atoms with Crippen molar-refractivity contribution in [1.82, 2.24) is 5.32 Å². The Kier molecular flexibility index (Phi) is 5.85. The summed E-state index contributed by atoms with van der Waals surface area (Å²) in [5.41, 5.74) is 0. The van der Waals surface area contributed by atoms with Crippen molar-refractivity contribution >= 4 is 11.9 Å². The molecular formula is C14H19NO4. The van der Waals surface area contributed by atoms with Gasteiger partial charge in [-0.15, -0.1) is 0 Å². The van der Waals surface area contributed by atoms with Gasteiger partial charge < -0.3 is 14.8 Å². The first-order valence-corrected chi connectivity index (χ1v) is 6.09. The molecule has 0 aliphatic heterocycles. The number of benzene rings is 1. The standard InChI is InChI=1S/C14H19NO4/c1-10(2)13(14(17)18-3)15-12(16)9-19-11-7-5-4-6-8-11/h4-8,10,13H,9H2,1-3H3,(H,15,16). The number of amides is 1. The molecule has 19 heavy (non-hydrogen) atoms. The van der Waals surface area contributed by atoms with Crippen LogP contribution >= 0.6 is 0 Å². The van der Waals surface area contributed by atoms with Gasteiger partial charge in [0.15, 0.2) is 6.61 Å². The lowest BCUT2D eigenvalue weighted by Crippen LogP contribution is -2.46. The average molecular weight is 265 g/mol. The number of ether oxygens (including phenoxy) is 2. The highest BCUT2D eigenvalue weighted by Gasteiger charge is 2.24. The van der Waals surface area contributed by atoms with Gasteiger partial charge in [0.25, 0.3) is 5.91 Å². The van der Waals surface area contributed by atoms with E-state index in [4.69, 9.17) is 4.74 Å². The Morgan fingerprint density at radius 2 is 1.84 bits per heavy atom. The Morgan fingerprint density at radius 1 is 1.21 bits per heavy atom. The molecule has 0 fully saturated rings. The quantitative estimate of drug-likeness (QED) is 0.789. The molecule has 1 N–H and O–H groups in total. The van der Waals surface area contributed by atoms with Crippen molar-refractivity contribution in [1.29, 1.82) is 0 Å². The molecule has 0 aliphatic rings. The molecule has 0 bridgehead atoms. The normalized spacial score (nSPS) is 11.8. The van der Waals surface area contributed by atoms with Crippen LogP contribution < -0.4 is 10.1 Å². The summed E-state index contributed by atoms with van der Waals surface area (Å²) in [6.45, 7) is 3.53. The van der Waals surface area contributed by atoms with Crippen LogP contribution in [0, 0.1) is 5.92 Å². The van der Waals surface area contributed by atoms with E-state index in [9.17, 15) is 9.59 Å². The maximum Gasteiger partial charge on any atom is 0.328 e. The number of rotatable bonds is 6. The second-order valence-corrected chi connectivity index (χ2v) is 4.41. The van der Waals surface area contributed by atoms with Crippen LogP contribution in [-0.2, 0) is 14.3 Å². The van der Waals surface area contributed by atoms with Gasteiger partial charge in [0, 0.05) is 0 Å². The lowest BCUT2D eigenvalue weighted by molar-refractivity contribution is -0.146. The van der Waals surface area contributed by atoms with Gasteiger partial charge in [-0.2, -0.15) is 0 Å². The second kappa shape index (κ2) is 7.41. The zero-order chi connectivity index (χ0) is 14.3. The van der Waals surface area contributed by atoms with Crippen molar-refractivity contribution in [3.05, 3.63) is 30.3 Å². The number of carbonyl (C=O) groups is 2. The highest BCUT2D eigenvalue weighted by atomic mass is 16.5. The fourth-order valence-electron chi connectivity index (χ4n) is 1.51. The molecule has 1 atom stereocenters. The smallest absolute Gasteiger partial charge is 0.328 e. The summed E-state index contributed by atoms with van der Waals surface area (Å²) < 4.78 is 9.94. The maximum atomic E-state index is 11.7. The maximum absolute atomic E-state index is 11.7. The van der Waals surface area contributed by atoms with Gasteiger partial charge in [-0.1, -0.05) is 32.0 Å². The predicted octanol–water partition coefficient (Wildman–Crippen LogP) is 1.38. The third-order valence-electron chi connectivity index (χ3n) is 2.55. The zero-order valence-corrected chi connectivity index (χ0v) is 11.4. The summed E-state index contributed by atoms with van der Waals surface area (Å²) in [6.07, 6.45) is 0. The molecule has 104 valence electrons. The Labute approximate surface area is 112 Å². The van der Waals surface area contributed by atoms with Gasteiger partial charge in [0.2, 0.25) is 0 Å². The molecule has 0 aromatic heterocycles. The van der Waals surface area contributed by atoms with Crippen molar-refractivity contribution in [3.63, 3.8) is 0 Å². The van der Waals surface area contributed by atoms with Crippen LogP contribution in [0.4, 0.5) is 0 Å². The summed E-state index contributed by atoms with van der Waals surface area (Å²) >= 11 is 0. The first kappa shape index (κ1) is 15.0. The molecule has 1 aromatic carbocycles. The molecule has 1 aromatic rings. The number of esters is 1. The van der Waals surface area contributed by atoms with Crippen molar-refractivity contribution in [2.45, 2.75) is 19.9 Å². The molecule has 0 saturated heterocycles. The van der Waals surface area contributed by atoms with Crippen molar-refractivity contribution in [2.24, 2.45) is 5.92 Å². The zero-order valence-electron chi connectivity index (χ0n) is 11.4. The van der Waals surface area contributed by atoms with Crippen LogP contribution in [0.1, 0.15) is 13.8 Å². The van der Waals surface area contributed by atoms with Gasteiger partial charge in [-0.25, -0.2) is 4.79 Å². The summed E-state index contributed by atoms with van der Waals surface area (Å²) in [4.78, 5) is 23.2. The summed E-state index contributed by atoms with van der Waals surface area (Å²) in [6, 6.07) is 8.36. The number of hydrogen-bond donors (Lipinski definition) is 1. The number of para-hydroxylation sites is 1. The molecule has 1 unspecified atom stereocenters. The second-order valence-electron chi connectivity index (χ2n) is 4.41. The Balaban J connectivity index is 2.47. The molecular weight excluding hydrogens is 246 g/mol. The lowest BCUT2D eigenvalue weighted by atomic mass is 10.0. The minimum absolute atomic E-state index is 0.0480. The highest BCUT2D eigenvalue weighted by molar-refractivity contribution is 5.85. The van der Waals surface area contributed by atoms with Gasteiger partial charge in [0.1, 0.15) is 11.8 Å². The first-order valence-electron chi connectivity index (χ1n) is 6.09. The number of methoxy groups -OCH3 is 1. The fraction of sp³-hybridized carbons (Fsp3) is 0.429. The number of carbonyl (C=O) groups excluding carboxylic acids is 2. The highest BCUT2D eigenvalue weighted by Crippen LogP contribution is 2.08. The molecule has 0 radical (unpaired) electrons. The fourth-order valence-corrected chi connectivity index (χ4v) is 1.51. The van der Waals surface area contributed by atoms with Gasteiger partial charge in [0.05, 0.1) is 7.11 Å². The molecule has 1 rings (SSSR count). The van der Waals surface area contributed by atoms with Crippen LogP contribution in [0.3, 0.4) is 0 Å². The summed E-state index contributed by atoms with van der Waals surface area (Å²) in [7, 11) is 1.30. The Morgan fingerprint density at radius 3 is 2.37 bits per heavy atom. The largest absolute Gasteiger partial charge is 0.484 e. The molecule has 1 amide bonds. The van der Waals surface area contributed by atoms with Crippen LogP contribution in [0.15, 0.2) is 30.3 Å². The van der Waals surface area contributed by atoms with E-state index in [0.29, 0.717) is 5.75 Å². The molecule has 0 spiro atoms. The van der Waals surface area contributed by atoms with Gasteiger partial charge in [-0.3, -0.25) is 4.79 Å². The van der Waals surface area contributed by atoms with Crippen LogP contribution in [0.2, 0.25) is 0 Å². The third-order valence-corrected chi connectivity index (χ3v) is 2.55. The molecule has 0 aliphatic carbocycles. The van der Waals surface area contributed by atoms with Gasteiger partial charge in [-0.05, 0) is 18.1 Å². The SMILES string of the molecule is COC(=O)C(NC(=O)COc1ccccc1)C(C)C. The van der Waals surface area contributed by atoms with Crippen molar-refractivity contribution < 1.29 is 19.1 Å². The van der Waals surface area contributed by atoms with E-state index in [-0.39, 0.29) is 18.4 Å². The van der Waals surface area contributed by atoms with Crippen LogP contribution in [0.5, 0.6) is 5.75 Å². The Hall–Kier alpha value is -2.04. The topological polar surface area (TPSA) is 64.6 Å². The van der Waals surface area contributed by atoms with E-state index in [1.54, 1.807) is 12.1 Å². The van der Waals surface area contributed by atoms with Crippen LogP contribution in [-0.4, -0.2) is 31.6 Å². The van der Waals surface area contributed by atoms with E-state index in [0.717, 1.165) is 0 Å². The molecule has 0 saturated carbocycles. The first-order chi connectivity index (χ1) is 9.04. The monoisotopic (exact) mass is 265 g/mol. The average Bonchev–Trinajstić information content (AvgIpc) is 2.42. The lowest BCUT2D eigenvalue weighted by Gasteiger charge is -2.19. The minimum Gasteiger partial charge on any atom is -0.484 e. The van der Waals surface area contributed by atoms with E-state index < -0.39 is 12.0 Å². The number of hydrogen-bond acceptors (Lipinski definition) is 4. The van der Waals surface area contributed by atoms with Gasteiger partial charge >= 0.3 is 5.97 Å². The molecule has 5 nitrogen and oxygen atoms in total. The molecule has 5 heteroatoms. The van der Waals surface area contributed by atoms with Crippen LogP contribution in [0.25, 0.3) is 0 Å². The van der Waals surface area contributed by atoms with E-state index >= 15 is 0 Å². The predicted molar refractivity (Wildman–Crippen MR) is 70.7 cm³/mol. The van der Waals surface area contributed by atoms with Crippen molar-refractivity contribution in [3.8, 4) is 5.75 Å². The van der Waals surface area contributed by atoms with E-state index in [2.05, 4.69) is 10.1 Å². The number of nitrogens with one attached hydrogen (secondary N) is 1. The Bertz CT molecular complexity index is 417. The third kappa shape index (κ3) is 4.99.